The van der Waals surface area contributed by atoms with Crippen molar-refractivity contribution < 1.29 is 0 Å². The van der Waals surface area contributed by atoms with Crippen molar-refractivity contribution in [1.29, 1.82) is 0 Å². The van der Waals surface area contributed by atoms with Gasteiger partial charge in [0.1, 0.15) is 0 Å². The van der Waals surface area contributed by atoms with Gasteiger partial charge in [-0.1, -0.05) is 6.07 Å². The summed E-state index contributed by atoms with van der Waals surface area (Å²) in [6.07, 6.45) is 10.5. The van der Waals surface area contributed by atoms with E-state index < -0.39 is 0 Å². The van der Waals surface area contributed by atoms with Crippen LogP contribution in [0, 0.1) is 5.92 Å². The van der Waals surface area contributed by atoms with E-state index in [0.717, 1.165) is 11.6 Å². The van der Waals surface area contributed by atoms with Crippen LogP contribution in [0.2, 0.25) is 0 Å². The molecule has 78 valence electrons. The van der Waals surface area contributed by atoms with Gasteiger partial charge in [-0.15, -0.1) is 0 Å². The maximum Gasteiger partial charge on any atom is 0.0808 e. The van der Waals surface area contributed by atoms with Crippen LogP contribution in [0.3, 0.4) is 0 Å². The lowest BCUT2D eigenvalue weighted by atomic mass is 9.94. The van der Waals surface area contributed by atoms with Crippen molar-refractivity contribution in [2.24, 2.45) is 10.9 Å². The van der Waals surface area contributed by atoms with Crippen LogP contribution in [0.15, 0.2) is 29.4 Å². The first kappa shape index (κ1) is 9.08. The predicted molar refractivity (Wildman–Crippen MR) is 61.1 cm³/mol. The minimum absolute atomic E-state index is 0.294. The van der Waals surface area contributed by atoms with Gasteiger partial charge >= 0.3 is 0 Å². The van der Waals surface area contributed by atoms with E-state index in [1.165, 1.54) is 32.1 Å². The van der Waals surface area contributed by atoms with Gasteiger partial charge in [0, 0.05) is 12.4 Å². The second kappa shape index (κ2) is 3.44. The molecule has 2 nitrogen and oxygen atoms in total. The number of rotatable bonds is 2. The molecule has 0 radical (unpaired) electrons. The van der Waals surface area contributed by atoms with E-state index in [4.69, 9.17) is 4.99 Å². The first-order chi connectivity index (χ1) is 7.36. The molecule has 0 unspecified atom stereocenters. The molecule has 0 aliphatic heterocycles. The number of aliphatic imine (C=N–C) groups is 1. The quantitative estimate of drug-likeness (QED) is 0.674. The van der Waals surface area contributed by atoms with Crippen molar-refractivity contribution in [3.63, 3.8) is 0 Å². The normalized spacial score (nSPS) is 34.0. The maximum atomic E-state index is 4.80. The van der Waals surface area contributed by atoms with E-state index in [1.54, 1.807) is 0 Å². The lowest BCUT2D eigenvalue weighted by molar-refractivity contribution is 0.422. The van der Waals surface area contributed by atoms with Crippen molar-refractivity contribution in [1.82, 2.24) is 4.98 Å². The summed E-state index contributed by atoms with van der Waals surface area (Å²) in [6.45, 7) is 0. The molecule has 2 aliphatic rings. The molecular formula is C13H16N2. The van der Waals surface area contributed by atoms with Gasteiger partial charge < -0.3 is 0 Å². The van der Waals surface area contributed by atoms with E-state index >= 15 is 0 Å². The fraction of sp³-hybridized carbons (Fsp3) is 0.538. The summed E-state index contributed by atoms with van der Waals surface area (Å²) < 4.78 is 0. The summed E-state index contributed by atoms with van der Waals surface area (Å²) in [4.78, 5) is 9.07. The van der Waals surface area contributed by atoms with E-state index in [1.807, 2.05) is 30.6 Å². The molecule has 1 heterocycles. The van der Waals surface area contributed by atoms with Crippen LogP contribution in [-0.4, -0.2) is 16.7 Å². The van der Waals surface area contributed by atoms with Crippen molar-refractivity contribution in [2.45, 2.75) is 37.6 Å². The van der Waals surface area contributed by atoms with Crippen LogP contribution in [0.1, 0.15) is 37.8 Å². The van der Waals surface area contributed by atoms with Gasteiger partial charge in [0.2, 0.25) is 0 Å². The van der Waals surface area contributed by atoms with Crippen molar-refractivity contribution >= 4 is 6.21 Å². The number of aromatic nitrogens is 1. The highest BCUT2D eigenvalue weighted by Gasteiger charge is 2.44. The Bertz CT molecular complexity index is 361. The third-order valence-corrected chi connectivity index (χ3v) is 3.86. The molecule has 2 bridgehead atoms. The Morgan fingerprint density at radius 3 is 2.80 bits per heavy atom. The first-order valence-electron chi connectivity index (χ1n) is 5.83. The molecule has 1 aromatic heterocycles. The van der Waals surface area contributed by atoms with E-state index in [0.29, 0.717) is 5.54 Å². The minimum atomic E-state index is 0.294. The Hall–Kier alpha value is -1.18. The fourth-order valence-electron chi connectivity index (χ4n) is 3.00. The van der Waals surface area contributed by atoms with Crippen LogP contribution in [0.4, 0.5) is 0 Å². The summed E-state index contributed by atoms with van der Waals surface area (Å²) in [5, 5.41) is 0. The largest absolute Gasteiger partial charge is 0.284 e. The molecule has 2 fully saturated rings. The molecule has 2 aliphatic carbocycles. The topological polar surface area (TPSA) is 25.2 Å². The molecule has 15 heavy (non-hydrogen) atoms. The summed E-state index contributed by atoms with van der Waals surface area (Å²) in [6, 6.07) is 5.97. The molecule has 0 saturated heterocycles. The Labute approximate surface area is 90.5 Å². The van der Waals surface area contributed by atoms with Crippen molar-refractivity contribution in [2.75, 3.05) is 0 Å². The van der Waals surface area contributed by atoms with Crippen LogP contribution in [0.5, 0.6) is 0 Å². The average molecular weight is 200 g/mol. The zero-order chi connectivity index (χ0) is 10.1. The molecule has 2 heteroatoms. The third kappa shape index (κ3) is 1.69. The predicted octanol–water partition coefficient (Wildman–Crippen LogP) is 2.83. The summed E-state index contributed by atoms with van der Waals surface area (Å²) in [7, 11) is 0. The Kier molecular flexibility index (Phi) is 2.08. The van der Waals surface area contributed by atoms with Gasteiger partial charge in [-0.25, -0.2) is 0 Å². The number of nitrogens with zero attached hydrogens (tertiary/aromatic N) is 2. The van der Waals surface area contributed by atoms with E-state index in [-0.39, 0.29) is 0 Å². The van der Waals surface area contributed by atoms with Crippen molar-refractivity contribution in [3.8, 4) is 0 Å². The molecule has 2 saturated carbocycles. The summed E-state index contributed by atoms with van der Waals surface area (Å²) >= 11 is 0. The zero-order valence-corrected chi connectivity index (χ0v) is 8.89. The van der Waals surface area contributed by atoms with Gasteiger partial charge in [0.15, 0.2) is 0 Å². The maximum absolute atomic E-state index is 4.80. The second-order valence-corrected chi connectivity index (χ2v) is 4.88. The highest BCUT2D eigenvalue weighted by molar-refractivity contribution is 5.77. The Morgan fingerprint density at radius 1 is 1.33 bits per heavy atom. The Balaban J connectivity index is 1.78. The number of hydrogen-bond donors (Lipinski definition) is 0. The zero-order valence-electron chi connectivity index (χ0n) is 8.89. The second-order valence-electron chi connectivity index (χ2n) is 4.88. The molecule has 0 atom stereocenters. The standard InChI is InChI=1S/C13H16N2/c1-2-8-14-12(3-1)10-15-13-6-4-11(9-13)5-7-13/h1-3,8,10-11H,4-7,9H2/b15-10+. The molecule has 1 aromatic rings. The van der Waals surface area contributed by atoms with Gasteiger partial charge in [0.05, 0.1) is 11.2 Å². The number of fused-ring (bicyclic) bond motifs is 2. The highest BCUT2D eigenvalue weighted by atomic mass is 14.9. The first-order valence-corrected chi connectivity index (χ1v) is 5.83. The lowest BCUT2D eigenvalue weighted by Gasteiger charge is -2.20. The van der Waals surface area contributed by atoms with Crippen molar-refractivity contribution in [3.05, 3.63) is 30.1 Å². The van der Waals surface area contributed by atoms with Crippen LogP contribution < -0.4 is 0 Å². The lowest BCUT2D eigenvalue weighted by Crippen LogP contribution is -2.19. The minimum Gasteiger partial charge on any atom is -0.284 e. The summed E-state index contributed by atoms with van der Waals surface area (Å²) in [5.41, 5.74) is 1.28. The SMILES string of the molecule is C(=N\C12CCC(CC1)C2)/c1ccccn1. The fourth-order valence-corrected chi connectivity index (χ4v) is 3.00. The monoisotopic (exact) mass is 200 g/mol. The van der Waals surface area contributed by atoms with Crippen LogP contribution in [-0.2, 0) is 0 Å². The number of hydrogen-bond acceptors (Lipinski definition) is 2. The van der Waals surface area contributed by atoms with E-state index in [2.05, 4.69) is 4.98 Å². The van der Waals surface area contributed by atoms with E-state index in [9.17, 15) is 0 Å². The highest BCUT2D eigenvalue weighted by Crippen LogP contribution is 2.49. The molecule has 0 N–H and O–H groups in total. The van der Waals surface area contributed by atoms with Gasteiger partial charge in [-0.3, -0.25) is 9.98 Å². The smallest absolute Gasteiger partial charge is 0.0808 e. The molecule has 3 rings (SSSR count). The number of pyridine rings is 1. The van der Waals surface area contributed by atoms with Crippen LogP contribution in [0.25, 0.3) is 0 Å². The molecular weight excluding hydrogens is 184 g/mol. The Morgan fingerprint density at radius 2 is 2.20 bits per heavy atom. The van der Waals surface area contributed by atoms with Gasteiger partial charge in [-0.05, 0) is 50.2 Å². The summed E-state index contributed by atoms with van der Waals surface area (Å²) in [5.74, 6) is 0.964. The van der Waals surface area contributed by atoms with Gasteiger partial charge in [0.25, 0.3) is 0 Å². The molecule has 0 spiro atoms. The third-order valence-electron chi connectivity index (χ3n) is 3.86. The van der Waals surface area contributed by atoms with Crippen LogP contribution >= 0.6 is 0 Å². The van der Waals surface area contributed by atoms with Gasteiger partial charge in [-0.2, -0.15) is 0 Å². The molecule has 0 amide bonds. The average Bonchev–Trinajstić information content (AvgIpc) is 2.89. The molecule has 0 aromatic carbocycles.